The number of nitrogens with one attached hydrogen (secondary N) is 1. The monoisotopic (exact) mass is 698 g/mol. The summed E-state index contributed by atoms with van der Waals surface area (Å²) >= 11 is 0. The summed E-state index contributed by atoms with van der Waals surface area (Å²) in [6, 6.07) is 4.24. The minimum absolute atomic E-state index is 0.0179. The van der Waals surface area contributed by atoms with Crippen molar-refractivity contribution in [1.29, 1.82) is 0 Å². The Labute approximate surface area is 270 Å². The minimum Gasteiger partial charge on any atom is -0.382 e. The molecule has 2 atom stereocenters. The van der Waals surface area contributed by atoms with Crippen LogP contribution in [0.1, 0.15) is 32.6 Å². The standard InChI is InChI=1S/C31H35F9N4O4/c1-19-3-4-20(12-26(19)41-28(46)31(38,39)40)11-24-16-42(5-6-43-9-10-48-25(17-43)18-47-2)7-8-44(24)27(45)21-13-22(29(32,33)34)15-23(14-21)30(35,36)37/h3-4,12-15,24-25H,5-11,16-18H2,1-2H3,(H,41,46)/t24-,25+/m1/s1. The van der Waals surface area contributed by atoms with Crippen LogP contribution in [-0.4, -0.2) is 111 Å². The molecule has 48 heavy (non-hydrogen) atoms. The number of morpholine rings is 1. The van der Waals surface area contributed by atoms with Crippen molar-refractivity contribution >= 4 is 17.5 Å². The van der Waals surface area contributed by atoms with Gasteiger partial charge in [-0.15, -0.1) is 0 Å². The summed E-state index contributed by atoms with van der Waals surface area (Å²) in [4.78, 5) is 30.7. The number of rotatable bonds is 9. The van der Waals surface area contributed by atoms with Gasteiger partial charge in [0.25, 0.3) is 5.91 Å². The van der Waals surface area contributed by atoms with Crippen molar-refractivity contribution in [3.05, 3.63) is 64.2 Å². The first-order valence-corrected chi connectivity index (χ1v) is 15.0. The van der Waals surface area contributed by atoms with Crippen LogP contribution in [0.4, 0.5) is 45.2 Å². The van der Waals surface area contributed by atoms with Gasteiger partial charge < -0.3 is 19.7 Å². The minimum atomic E-state index is -5.16. The number of amides is 2. The predicted octanol–water partition coefficient (Wildman–Crippen LogP) is 5.25. The largest absolute Gasteiger partial charge is 0.471 e. The first-order chi connectivity index (χ1) is 22.3. The Morgan fingerprint density at radius 3 is 2.08 bits per heavy atom. The van der Waals surface area contributed by atoms with Crippen molar-refractivity contribution in [3.8, 4) is 0 Å². The molecule has 266 valence electrons. The molecule has 2 amide bonds. The van der Waals surface area contributed by atoms with Gasteiger partial charge in [0.05, 0.1) is 30.4 Å². The summed E-state index contributed by atoms with van der Waals surface area (Å²) in [5.74, 6) is -3.24. The number of ether oxygens (including phenoxy) is 2. The number of piperazine rings is 1. The van der Waals surface area contributed by atoms with E-state index in [-0.39, 0.29) is 43.9 Å². The van der Waals surface area contributed by atoms with Crippen molar-refractivity contribution < 1.29 is 58.6 Å². The highest BCUT2D eigenvalue weighted by Crippen LogP contribution is 2.37. The summed E-state index contributed by atoms with van der Waals surface area (Å²) in [5, 5.41) is 1.81. The molecule has 8 nitrogen and oxygen atoms in total. The summed E-state index contributed by atoms with van der Waals surface area (Å²) in [5.41, 5.74) is -3.48. The second kappa shape index (κ2) is 15.0. The number of halogens is 9. The molecule has 2 fully saturated rings. The van der Waals surface area contributed by atoms with Crippen LogP contribution in [0.2, 0.25) is 0 Å². The van der Waals surface area contributed by atoms with Crippen LogP contribution in [0, 0.1) is 6.92 Å². The lowest BCUT2D eigenvalue weighted by Gasteiger charge is -2.43. The molecule has 2 aliphatic heterocycles. The second-order valence-electron chi connectivity index (χ2n) is 11.8. The molecule has 2 aromatic rings. The molecule has 1 N–H and O–H groups in total. The number of carbonyl (C=O) groups excluding carboxylic acids is 2. The molecule has 2 aromatic carbocycles. The summed E-state index contributed by atoms with van der Waals surface area (Å²) in [6.07, 6.45) is -15.6. The molecule has 0 unspecified atom stereocenters. The third-order valence-corrected chi connectivity index (χ3v) is 8.25. The third kappa shape index (κ3) is 9.83. The molecule has 4 rings (SSSR count). The van der Waals surface area contributed by atoms with Crippen LogP contribution in [0.25, 0.3) is 0 Å². The zero-order valence-corrected chi connectivity index (χ0v) is 26.1. The molecule has 0 bridgehead atoms. The fourth-order valence-corrected chi connectivity index (χ4v) is 5.76. The predicted molar refractivity (Wildman–Crippen MR) is 155 cm³/mol. The van der Waals surface area contributed by atoms with E-state index in [2.05, 4.69) is 4.90 Å². The summed E-state index contributed by atoms with van der Waals surface area (Å²) < 4.78 is 131. The Bertz CT molecular complexity index is 1410. The van der Waals surface area contributed by atoms with Gasteiger partial charge in [0.2, 0.25) is 0 Å². The second-order valence-corrected chi connectivity index (χ2v) is 11.8. The Morgan fingerprint density at radius 2 is 1.50 bits per heavy atom. The molecule has 17 heteroatoms. The van der Waals surface area contributed by atoms with E-state index >= 15 is 0 Å². The van der Waals surface area contributed by atoms with Gasteiger partial charge in [-0.25, -0.2) is 0 Å². The van der Waals surface area contributed by atoms with Gasteiger partial charge in [0, 0.05) is 70.2 Å². The van der Waals surface area contributed by atoms with E-state index < -0.39 is 53.1 Å². The number of hydrogen-bond acceptors (Lipinski definition) is 6. The van der Waals surface area contributed by atoms with Crippen molar-refractivity contribution in [2.24, 2.45) is 0 Å². The zero-order valence-electron chi connectivity index (χ0n) is 26.1. The average Bonchev–Trinajstić information content (AvgIpc) is 3.00. The highest BCUT2D eigenvalue weighted by atomic mass is 19.4. The third-order valence-electron chi connectivity index (χ3n) is 8.25. The zero-order chi connectivity index (χ0) is 35.4. The number of alkyl halides is 9. The van der Waals surface area contributed by atoms with Crippen LogP contribution in [0.15, 0.2) is 36.4 Å². The lowest BCUT2D eigenvalue weighted by Crippen LogP contribution is -2.57. The fourth-order valence-electron chi connectivity index (χ4n) is 5.76. The van der Waals surface area contributed by atoms with E-state index in [1.54, 1.807) is 13.2 Å². The van der Waals surface area contributed by atoms with Gasteiger partial charge in [-0.05, 0) is 48.7 Å². The maximum absolute atomic E-state index is 13.7. The fraction of sp³-hybridized carbons (Fsp3) is 0.548. The highest BCUT2D eigenvalue weighted by Gasteiger charge is 2.40. The highest BCUT2D eigenvalue weighted by molar-refractivity contribution is 5.96. The number of aryl methyl sites for hydroxylation is 1. The van der Waals surface area contributed by atoms with Gasteiger partial charge in [0.1, 0.15) is 0 Å². The molecular weight excluding hydrogens is 663 g/mol. The Morgan fingerprint density at radius 1 is 0.875 bits per heavy atom. The molecule has 2 aliphatic rings. The number of anilines is 1. The van der Waals surface area contributed by atoms with Crippen LogP contribution < -0.4 is 5.32 Å². The summed E-state index contributed by atoms with van der Waals surface area (Å²) in [7, 11) is 1.56. The molecular formula is C31H35F9N4O4. The van der Waals surface area contributed by atoms with Gasteiger partial charge in [-0.3, -0.25) is 19.4 Å². The van der Waals surface area contributed by atoms with Gasteiger partial charge in [0.15, 0.2) is 0 Å². The number of carbonyl (C=O) groups is 2. The number of methoxy groups -OCH3 is 1. The van der Waals surface area contributed by atoms with E-state index in [1.165, 1.54) is 24.0 Å². The van der Waals surface area contributed by atoms with Crippen molar-refractivity contribution in [2.75, 3.05) is 71.5 Å². The Balaban J connectivity index is 1.61. The number of hydrogen-bond donors (Lipinski definition) is 1. The van der Waals surface area contributed by atoms with E-state index in [0.29, 0.717) is 62.7 Å². The molecule has 0 spiro atoms. The van der Waals surface area contributed by atoms with Crippen molar-refractivity contribution in [2.45, 2.75) is 44.0 Å². The van der Waals surface area contributed by atoms with Gasteiger partial charge in [-0.1, -0.05) is 12.1 Å². The van der Waals surface area contributed by atoms with Crippen LogP contribution in [0.5, 0.6) is 0 Å². The van der Waals surface area contributed by atoms with Crippen molar-refractivity contribution in [3.63, 3.8) is 0 Å². The summed E-state index contributed by atoms with van der Waals surface area (Å²) in [6.45, 7) is 5.16. The Kier molecular flexibility index (Phi) is 11.7. The van der Waals surface area contributed by atoms with E-state index in [9.17, 15) is 49.1 Å². The molecule has 2 saturated heterocycles. The first kappa shape index (κ1) is 37.4. The topological polar surface area (TPSA) is 74.4 Å². The number of benzene rings is 2. The van der Waals surface area contributed by atoms with Crippen LogP contribution in [0.3, 0.4) is 0 Å². The average molecular weight is 699 g/mol. The SMILES string of the molecule is COC[C@@H]1CN(CCN2CCN(C(=O)c3cc(C(F)(F)F)cc(C(F)(F)F)c3)[C@H](Cc3ccc(C)c(NC(=O)C(F)(F)F)c3)C2)CCO1. The van der Waals surface area contributed by atoms with E-state index in [4.69, 9.17) is 9.47 Å². The normalized spacial score (nSPS) is 20.2. The lowest BCUT2D eigenvalue weighted by atomic mass is 9.98. The van der Waals surface area contributed by atoms with Gasteiger partial charge in [-0.2, -0.15) is 39.5 Å². The molecule has 0 saturated carbocycles. The smallest absolute Gasteiger partial charge is 0.382 e. The molecule has 0 aliphatic carbocycles. The maximum atomic E-state index is 13.7. The number of nitrogens with zero attached hydrogens (tertiary/aromatic N) is 3. The molecule has 0 radical (unpaired) electrons. The van der Waals surface area contributed by atoms with E-state index in [1.807, 2.05) is 10.2 Å². The Hall–Kier alpha value is -3.41. The van der Waals surface area contributed by atoms with Crippen LogP contribution in [-0.2, 0) is 33.0 Å². The lowest BCUT2D eigenvalue weighted by molar-refractivity contribution is -0.167. The van der Waals surface area contributed by atoms with Crippen LogP contribution >= 0.6 is 0 Å². The molecule has 0 aromatic heterocycles. The molecule has 2 heterocycles. The quantitative estimate of drug-likeness (QED) is 0.361. The van der Waals surface area contributed by atoms with E-state index in [0.717, 1.165) is 0 Å². The van der Waals surface area contributed by atoms with Crippen molar-refractivity contribution in [1.82, 2.24) is 14.7 Å². The maximum Gasteiger partial charge on any atom is 0.471 e. The first-order valence-electron chi connectivity index (χ1n) is 15.0. The van der Waals surface area contributed by atoms with Gasteiger partial charge >= 0.3 is 24.4 Å².